The molecule has 0 fully saturated rings. The largest absolute Gasteiger partial charge is 0.332 e. The van der Waals surface area contributed by atoms with Crippen molar-refractivity contribution in [2.45, 2.75) is 113 Å². The van der Waals surface area contributed by atoms with Crippen LogP contribution in [0, 0.1) is 0 Å². The first-order chi connectivity index (χ1) is 71.6. The highest BCUT2D eigenvalue weighted by Crippen LogP contribution is 2.65. The van der Waals surface area contributed by atoms with Crippen molar-refractivity contribution in [1.82, 2.24) is 0 Å². The monoisotopic (exact) mass is 1840 g/mol. The maximum Gasteiger partial charge on any atom is 0.0851 e. The van der Waals surface area contributed by atoms with E-state index in [4.69, 9.17) is 0 Å². The summed E-state index contributed by atoms with van der Waals surface area (Å²) in [6, 6.07) is 109. The molecule has 36 rings (SSSR count). The second kappa shape index (κ2) is 32.4. The molecular weight excluding hydrogens is 1740 g/mol. The molecule has 684 valence electrons. The topological polar surface area (TPSA) is 19.4 Å². The lowest BCUT2D eigenvalue weighted by atomic mass is 9.77. The van der Waals surface area contributed by atoms with E-state index >= 15 is 0 Å². The molecule has 0 spiro atoms. The summed E-state index contributed by atoms with van der Waals surface area (Å²) in [7, 11) is 0. The van der Waals surface area contributed by atoms with Crippen molar-refractivity contribution >= 4 is 73.3 Å². The molecule has 0 radical (unpaired) electrons. The summed E-state index contributed by atoms with van der Waals surface area (Å²) in [5.74, 6) is 0. The Morgan fingerprint density at radius 3 is 0.951 bits per heavy atom. The van der Waals surface area contributed by atoms with Crippen molar-refractivity contribution in [3.63, 3.8) is 0 Å². The number of nitrogens with zero attached hydrogens (tertiary/aromatic N) is 6. The summed E-state index contributed by atoms with van der Waals surface area (Å²) >= 11 is 0. The molecule has 6 heteroatoms. The van der Waals surface area contributed by atoms with Crippen LogP contribution >= 0.6 is 0 Å². The number of para-hydroxylation sites is 7. The fourth-order valence-electron chi connectivity index (χ4n) is 28.9. The third-order valence-electron chi connectivity index (χ3n) is 34.4. The molecule has 144 heavy (non-hydrogen) atoms. The van der Waals surface area contributed by atoms with E-state index in [-0.39, 0.29) is 0 Å². The SMILES string of the molecule is C1=C2C(=CC1)C1C3=CCC=C3c3ccccc3N1c1ccccc12.C1=CC2=C(C1)C1=C(CC=C1)N1c3ccccc3-c3ccccc3C21.C1=CC2=C(C1)C1c3ccccc3-c3ccccc3N1C1=C2C=CC1.C1=CC2=C(C1)C1c3ccccc3C3=C(CC=C3)N1c1ccccc12.C1=CC2=C(C1)N1c3ccccc3-c3ccccc3C1C1=CCC=C12.C1=CC2=C(C1)c1ccccc1N1C3=C(C=CC3)c3ccccc3C21. The summed E-state index contributed by atoms with van der Waals surface area (Å²) in [6.45, 7) is 0. The summed E-state index contributed by atoms with van der Waals surface area (Å²) < 4.78 is 0. The quantitative estimate of drug-likeness (QED) is 0.150. The molecule has 24 aliphatic rings. The number of rotatable bonds is 0. The molecule has 6 nitrogen and oxygen atoms in total. The third kappa shape index (κ3) is 11.9. The van der Waals surface area contributed by atoms with Crippen molar-refractivity contribution in [3.8, 4) is 33.4 Å². The predicted octanol–water partition coefficient (Wildman–Crippen LogP) is 34.0. The van der Waals surface area contributed by atoms with E-state index < -0.39 is 0 Å². The third-order valence-corrected chi connectivity index (χ3v) is 34.4. The molecule has 0 amide bonds. The average Bonchev–Trinajstić information content (AvgIpc) is 1.62. The standard InChI is InChI=1S/6C23H17N/c1-3-13-21-17(7-1)15-9-5-11-19(15)23-20-12-6-10-16(20)18-8-2-4-14-22(18)24(21)23;2*1-2-9-19-15(7-1)18-11-6-14-22(18)24-21-13-4-3-8-17(21)16-10-5-12-20(16)23(19)24;3*1-2-9-19-15(7-1)17-8-3-4-13-21(17)24-22-14-6-11-18(22)16-10-5-12-20(16)23(19)24/h1-4,7-14,23H,5-6H2;1-9,11-13,23H,10,14H2;1-11,13,23H,12,14H2;1-4,6-13,23H,5,14H2;1-9,11-13,23H,10,14H2;1-11,13,23H,12,14H2. The van der Waals surface area contributed by atoms with E-state index in [0.29, 0.717) is 36.3 Å². The Bertz CT molecular complexity index is 8370. The summed E-state index contributed by atoms with van der Waals surface area (Å²) in [5, 5.41) is 0. The van der Waals surface area contributed by atoms with Gasteiger partial charge in [-0.3, -0.25) is 0 Å². The highest BCUT2D eigenvalue weighted by Gasteiger charge is 2.50. The zero-order valence-electron chi connectivity index (χ0n) is 80.2. The zero-order chi connectivity index (χ0) is 94.0. The van der Waals surface area contributed by atoms with Crippen LogP contribution in [0.25, 0.3) is 66.8 Å². The van der Waals surface area contributed by atoms with E-state index in [1.54, 1.807) is 11.1 Å². The fraction of sp³-hybridized carbons (Fsp3) is 0.130. The van der Waals surface area contributed by atoms with E-state index in [1.165, 1.54) is 258 Å². The Balaban J connectivity index is 0.0000000788. The van der Waals surface area contributed by atoms with Crippen molar-refractivity contribution in [2.24, 2.45) is 0 Å². The van der Waals surface area contributed by atoms with E-state index in [0.717, 1.165) is 77.0 Å². The molecule has 12 aromatic rings. The van der Waals surface area contributed by atoms with Crippen LogP contribution in [0.3, 0.4) is 0 Å². The highest BCUT2D eigenvalue weighted by atomic mass is 15.2. The maximum absolute atomic E-state index is 2.61. The molecule has 0 bridgehead atoms. The van der Waals surface area contributed by atoms with Gasteiger partial charge in [0.1, 0.15) is 0 Å². The van der Waals surface area contributed by atoms with E-state index in [2.05, 4.69) is 466 Å². The smallest absolute Gasteiger partial charge is 0.0851 e. The van der Waals surface area contributed by atoms with Crippen molar-refractivity contribution in [2.75, 3.05) is 29.4 Å². The second-order valence-electron chi connectivity index (χ2n) is 41.2. The van der Waals surface area contributed by atoms with Crippen molar-refractivity contribution in [1.29, 1.82) is 0 Å². The summed E-state index contributed by atoms with van der Waals surface area (Å²) in [6.07, 6.45) is 68.9. The Labute approximate surface area is 842 Å². The lowest BCUT2D eigenvalue weighted by Crippen LogP contribution is -2.41. The van der Waals surface area contributed by atoms with Gasteiger partial charge in [-0.15, -0.1) is 0 Å². The van der Waals surface area contributed by atoms with Gasteiger partial charge >= 0.3 is 0 Å². The van der Waals surface area contributed by atoms with Gasteiger partial charge in [0.2, 0.25) is 0 Å². The van der Waals surface area contributed by atoms with Gasteiger partial charge in [-0.05, 0) is 227 Å². The van der Waals surface area contributed by atoms with Gasteiger partial charge in [0.05, 0.1) is 36.3 Å². The number of fused-ring (bicyclic) bond motifs is 57. The fourth-order valence-corrected chi connectivity index (χ4v) is 28.9. The minimum Gasteiger partial charge on any atom is -0.332 e. The highest BCUT2D eigenvalue weighted by molar-refractivity contribution is 6.06. The van der Waals surface area contributed by atoms with E-state index in [1.807, 2.05) is 0 Å². The van der Waals surface area contributed by atoms with Crippen LogP contribution in [-0.2, 0) is 0 Å². The van der Waals surface area contributed by atoms with Crippen LogP contribution < -0.4 is 29.4 Å². The van der Waals surface area contributed by atoms with Crippen molar-refractivity contribution < 1.29 is 0 Å². The number of hydrogen-bond donors (Lipinski definition) is 0. The van der Waals surface area contributed by atoms with Crippen LogP contribution in [0.15, 0.2) is 538 Å². The van der Waals surface area contributed by atoms with Crippen LogP contribution in [0.2, 0.25) is 0 Å². The second-order valence-corrected chi connectivity index (χ2v) is 41.2. The average molecular weight is 1840 g/mol. The molecule has 12 aliphatic heterocycles. The lowest BCUT2D eigenvalue weighted by Gasteiger charge is -2.46. The summed E-state index contributed by atoms with van der Waals surface area (Å²) in [4.78, 5) is 15.6. The Hall–Kier alpha value is -16.8. The van der Waals surface area contributed by atoms with E-state index in [9.17, 15) is 0 Å². The van der Waals surface area contributed by atoms with Crippen molar-refractivity contribution in [3.05, 3.63) is 599 Å². The number of hydrogen-bond acceptors (Lipinski definition) is 6. The first-order valence-electron chi connectivity index (χ1n) is 52.3. The van der Waals surface area contributed by atoms with Crippen LogP contribution in [0.4, 0.5) is 39.8 Å². The molecule has 0 N–H and O–H groups in total. The van der Waals surface area contributed by atoms with Crippen LogP contribution in [0.1, 0.15) is 168 Å². The number of benzene rings is 12. The summed E-state index contributed by atoms with van der Waals surface area (Å²) in [5.41, 5.74) is 68.6. The van der Waals surface area contributed by atoms with Gasteiger partial charge in [-0.25, -0.2) is 0 Å². The molecule has 12 aromatic carbocycles. The van der Waals surface area contributed by atoms with Gasteiger partial charge < -0.3 is 29.4 Å². The first-order valence-corrected chi connectivity index (χ1v) is 52.3. The lowest BCUT2D eigenvalue weighted by molar-refractivity contribution is 0.716. The predicted molar refractivity (Wildman–Crippen MR) is 595 cm³/mol. The Morgan fingerprint density at radius 1 is 0.167 bits per heavy atom. The molecule has 5 unspecified atom stereocenters. The Morgan fingerprint density at radius 2 is 0.451 bits per heavy atom. The van der Waals surface area contributed by atoms with Gasteiger partial charge in [0.25, 0.3) is 0 Å². The molecule has 0 saturated carbocycles. The number of anilines is 7. The molecule has 12 aliphatic carbocycles. The van der Waals surface area contributed by atoms with Crippen LogP contribution in [-0.4, -0.2) is 6.04 Å². The first kappa shape index (κ1) is 82.0. The molecule has 0 aromatic heterocycles. The molecule has 5 atom stereocenters. The number of allylic oxidation sites excluding steroid dienone is 31. The zero-order valence-corrected chi connectivity index (χ0v) is 80.2. The van der Waals surface area contributed by atoms with Gasteiger partial charge in [-0.1, -0.05) is 395 Å². The van der Waals surface area contributed by atoms with Gasteiger partial charge in [0.15, 0.2) is 0 Å². The minimum absolute atomic E-state index is 0.323. The van der Waals surface area contributed by atoms with Gasteiger partial charge in [-0.2, -0.15) is 0 Å². The molecule has 0 saturated heterocycles. The molecular formula is C138H102N6. The Kier molecular flexibility index (Phi) is 18.4. The minimum atomic E-state index is 0.323. The normalized spacial score (nSPS) is 22.0. The van der Waals surface area contributed by atoms with Gasteiger partial charge in [0, 0.05) is 162 Å². The molecule has 12 heterocycles. The van der Waals surface area contributed by atoms with Crippen LogP contribution in [0.5, 0.6) is 0 Å². The maximum atomic E-state index is 2.61.